The Hall–Kier alpha value is -3.82. The summed E-state index contributed by atoms with van der Waals surface area (Å²) in [6, 6.07) is 25.5. The van der Waals surface area contributed by atoms with Crippen molar-refractivity contribution in [3.05, 3.63) is 117 Å². The first-order valence-electron chi connectivity index (χ1n) is 16.2. The maximum atomic E-state index is 13.3. The van der Waals surface area contributed by atoms with Gasteiger partial charge in [0.25, 0.3) is 5.91 Å². The number of likely N-dealkylation sites (N-methyl/N-ethyl adjacent to an activating group) is 1. The highest BCUT2D eigenvalue weighted by Crippen LogP contribution is 2.30. The van der Waals surface area contributed by atoms with Crippen LogP contribution >= 0.6 is 23.2 Å². The minimum absolute atomic E-state index is 0.00509. The van der Waals surface area contributed by atoms with Gasteiger partial charge in [-0.15, -0.1) is 0 Å². The highest BCUT2D eigenvalue weighted by Gasteiger charge is 2.24. The van der Waals surface area contributed by atoms with E-state index in [9.17, 15) is 9.90 Å². The van der Waals surface area contributed by atoms with Gasteiger partial charge in [0.1, 0.15) is 18.1 Å². The van der Waals surface area contributed by atoms with Gasteiger partial charge in [-0.25, -0.2) is 4.98 Å². The van der Waals surface area contributed by atoms with E-state index in [4.69, 9.17) is 32.6 Å². The quantitative estimate of drug-likeness (QED) is 0.159. The van der Waals surface area contributed by atoms with Crippen LogP contribution in [0.4, 0.5) is 5.95 Å². The number of rotatable bonds is 11. The molecular formula is C37H41Cl2N5O3. The monoisotopic (exact) mass is 673 g/mol. The molecule has 1 atom stereocenters. The van der Waals surface area contributed by atoms with Crippen LogP contribution < -0.4 is 4.90 Å². The zero-order chi connectivity index (χ0) is 32.9. The van der Waals surface area contributed by atoms with Crippen molar-refractivity contribution in [2.24, 2.45) is 0 Å². The molecule has 2 aromatic heterocycles. The molecule has 5 aromatic rings. The summed E-state index contributed by atoms with van der Waals surface area (Å²) in [5, 5.41) is 10.5. The molecule has 246 valence electrons. The van der Waals surface area contributed by atoms with E-state index in [1.165, 1.54) is 0 Å². The third kappa shape index (κ3) is 7.84. The lowest BCUT2D eigenvalue weighted by atomic mass is 9.94. The summed E-state index contributed by atoms with van der Waals surface area (Å²) in [4.78, 5) is 25.1. The maximum absolute atomic E-state index is 13.3. The van der Waals surface area contributed by atoms with Gasteiger partial charge in [-0.05, 0) is 86.9 Å². The number of fused-ring (bicyclic) bond motifs is 1. The molecule has 8 nitrogen and oxygen atoms in total. The molecule has 0 saturated carbocycles. The van der Waals surface area contributed by atoms with Crippen molar-refractivity contribution in [2.75, 3.05) is 51.2 Å². The molecule has 0 spiro atoms. The lowest BCUT2D eigenvalue weighted by molar-refractivity contribution is 0.0782. The molecule has 6 rings (SSSR count). The predicted octanol–water partition coefficient (Wildman–Crippen LogP) is 7.24. The number of anilines is 1. The number of aryl methyl sites for hydroxylation is 1. The fourth-order valence-electron chi connectivity index (χ4n) is 6.40. The molecule has 3 aromatic carbocycles. The molecule has 47 heavy (non-hydrogen) atoms. The van der Waals surface area contributed by atoms with Crippen LogP contribution in [0.5, 0.6) is 0 Å². The van der Waals surface area contributed by atoms with E-state index in [0.717, 1.165) is 79.4 Å². The number of imidazole rings is 1. The molecule has 1 fully saturated rings. The number of hydrogen-bond acceptors (Lipinski definition) is 6. The lowest BCUT2D eigenvalue weighted by Crippen LogP contribution is -2.35. The van der Waals surface area contributed by atoms with E-state index in [0.29, 0.717) is 34.5 Å². The number of furan rings is 1. The summed E-state index contributed by atoms with van der Waals surface area (Å²) in [5.74, 6) is 2.37. The van der Waals surface area contributed by atoms with Crippen LogP contribution in [-0.2, 0) is 13.2 Å². The molecule has 1 unspecified atom stereocenters. The summed E-state index contributed by atoms with van der Waals surface area (Å²) in [6.45, 7) is 7.49. The number of para-hydroxylation sites is 2. The van der Waals surface area contributed by atoms with Crippen molar-refractivity contribution < 1.29 is 14.3 Å². The van der Waals surface area contributed by atoms with E-state index in [1.54, 1.807) is 0 Å². The molecule has 10 heteroatoms. The van der Waals surface area contributed by atoms with Crippen LogP contribution in [0, 0.1) is 6.92 Å². The Morgan fingerprint density at radius 1 is 0.957 bits per heavy atom. The van der Waals surface area contributed by atoms with Crippen LogP contribution in [0.3, 0.4) is 0 Å². The molecule has 3 heterocycles. The van der Waals surface area contributed by atoms with Crippen molar-refractivity contribution in [1.82, 2.24) is 19.4 Å². The fourth-order valence-corrected chi connectivity index (χ4v) is 6.71. The molecular weight excluding hydrogens is 633 g/mol. The number of carbonyl (C=O) groups excluding carboxylic acids is 1. The zero-order valence-corrected chi connectivity index (χ0v) is 28.4. The van der Waals surface area contributed by atoms with Crippen molar-refractivity contribution in [3.63, 3.8) is 0 Å². The molecule has 0 radical (unpaired) electrons. The van der Waals surface area contributed by atoms with Crippen molar-refractivity contribution >= 4 is 46.1 Å². The Morgan fingerprint density at radius 2 is 1.74 bits per heavy atom. The highest BCUT2D eigenvalue weighted by atomic mass is 35.5. The zero-order valence-electron chi connectivity index (χ0n) is 26.9. The Labute approximate surface area is 286 Å². The minimum atomic E-state index is -0.120. The first-order valence-corrected chi connectivity index (χ1v) is 16.9. The molecule has 0 aliphatic carbocycles. The van der Waals surface area contributed by atoms with E-state index >= 15 is 0 Å². The molecule has 1 aliphatic rings. The number of carbonyl (C=O) groups is 1. The van der Waals surface area contributed by atoms with E-state index in [2.05, 4.69) is 20.4 Å². The Bertz CT molecular complexity index is 1820. The first-order chi connectivity index (χ1) is 22.8. The average Bonchev–Trinajstić information content (AvgIpc) is 3.61. The molecule has 1 saturated heterocycles. The summed E-state index contributed by atoms with van der Waals surface area (Å²) < 4.78 is 8.06. The highest BCUT2D eigenvalue weighted by molar-refractivity contribution is 6.42. The van der Waals surface area contributed by atoms with Crippen LogP contribution in [-0.4, -0.2) is 76.7 Å². The number of aromatic nitrogens is 2. The van der Waals surface area contributed by atoms with Gasteiger partial charge in [0.05, 0.1) is 27.6 Å². The predicted molar refractivity (Wildman–Crippen MR) is 189 cm³/mol. The van der Waals surface area contributed by atoms with Crippen molar-refractivity contribution in [3.8, 4) is 0 Å². The van der Waals surface area contributed by atoms with Crippen LogP contribution in [0.1, 0.15) is 51.8 Å². The Balaban J connectivity index is 1.15. The van der Waals surface area contributed by atoms with Crippen molar-refractivity contribution in [2.45, 2.75) is 38.8 Å². The SMILES string of the molecule is Cc1ccc(C(=O)N(C)CC(CCN2CCCN(c3nc4ccccc4n3Cc3ccc(CO)o3)CC2)c2ccc(Cl)c(Cl)c2)cc1. The topological polar surface area (TPSA) is 78.0 Å². The number of aliphatic hydroxyl groups excluding tert-OH is 1. The normalized spacial score (nSPS) is 14.8. The lowest BCUT2D eigenvalue weighted by Gasteiger charge is -2.28. The van der Waals surface area contributed by atoms with Gasteiger partial charge in [0.2, 0.25) is 5.95 Å². The molecule has 1 aliphatic heterocycles. The number of benzene rings is 3. The minimum Gasteiger partial charge on any atom is -0.462 e. The van der Waals surface area contributed by atoms with Gasteiger partial charge in [0.15, 0.2) is 0 Å². The number of hydrogen-bond donors (Lipinski definition) is 1. The van der Waals surface area contributed by atoms with E-state index in [1.807, 2.05) is 91.7 Å². The number of amides is 1. The Morgan fingerprint density at radius 3 is 2.51 bits per heavy atom. The molecule has 0 bridgehead atoms. The fraction of sp³-hybridized carbons (Fsp3) is 0.351. The van der Waals surface area contributed by atoms with Crippen molar-refractivity contribution in [1.29, 1.82) is 0 Å². The van der Waals surface area contributed by atoms with Crippen LogP contribution in [0.15, 0.2) is 83.3 Å². The van der Waals surface area contributed by atoms with Gasteiger partial charge >= 0.3 is 0 Å². The third-order valence-electron chi connectivity index (χ3n) is 9.04. The van der Waals surface area contributed by atoms with E-state index in [-0.39, 0.29) is 18.4 Å². The van der Waals surface area contributed by atoms with Crippen LogP contribution in [0.2, 0.25) is 10.0 Å². The summed E-state index contributed by atoms with van der Waals surface area (Å²) in [6.07, 6.45) is 1.87. The van der Waals surface area contributed by atoms with Gasteiger partial charge in [-0.3, -0.25) is 4.79 Å². The van der Waals surface area contributed by atoms with Gasteiger partial charge < -0.3 is 28.8 Å². The van der Waals surface area contributed by atoms with Crippen LogP contribution in [0.25, 0.3) is 11.0 Å². The first kappa shape index (κ1) is 33.1. The summed E-state index contributed by atoms with van der Waals surface area (Å²) in [7, 11) is 1.87. The summed E-state index contributed by atoms with van der Waals surface area (Å²) in [5.41, 5.74) is 4.90. The third-order valence-corrected chi connectivity index (χ3v) is 9.78. The standard InChI is InChI=1S/C37H41Cl2N5O3/c1-26-8-10-27(11-9-26)36(46)41(2)23-29(28-12-15-32(38)33(39)22-28)16-19-42-17-5-18-43(21-20-42)37-40-34-6-3-4-7-35(34)44(37)24-30-13-14-31(25-45)47-30/h3-4,6-15,22,29,45H,5,16-21,23-25H2,1-2H3. The second-order valence-electron chi connectivity index (χ2n) is 12.4. The number of halogens is 2. The molecule has 1 N–H and O–H groups in total. The largest absolute Gasteiger partial charge is 0.462 e. The Kier molecular flexibility index (Phi) is 10.5. The summed E-state index contributed by atoms with van der Waals surface area (Å²) >= 11 is 12.7. The maximum Gasteiger partial charge on any atom is 0.253 e. The van der Waals surface area contributed by atoms with Gasteiger partial charge in [-0.1, -0.05) is 59.1 Å². The number of aliphatic hydroxyl groups is 1. The van der Waals surface area contributed by atoms with Gasteiger partial charge in [0, 0.05) is 44.7 Å². The second-order valence-corrected chi connectivity index (χ2v) is 13.2. The van der Waals surface area contributed by atoms with E-state index < -0.39 is 0 Å². The number of nitrogens with zero attached hydrogens (tertiary/aromatic N) is 5. The smallest absolute Gasteiger partial charge is 0.253 e. The van der Waals surface area contributed by atoms with Gasteiger partial charge in [-0.2, -0.15) is 0 Å². The average molecular weight is 675 g/mol. The molecule has 1 amide bonds. The second kappa shape index (κ2) is 14.9.